The maximum atomic E-state index is 12.4. The van der Waals surface area contributed by atoms with Gasteiger partial charge in [-0.25, -0.2) is 5.43 Å². The van der Waals surface area contributed by atoms with Gasteiger partial charge in [-0.05, 0) is 61.6 Å². The lowest BCUT2D eigenvalue weighted by Crippen LogP contribution is -2.23. The van der Waals surface area contributed by atoms with Gasteiger partial charge < -0.3 is 4.74 Å². The van der Waals surface area contributed by atoms with E-state index in [0.29, 0.717) is 5.75 Å². The van der Waals surface area contributed by atoms with Crippen LogP contribution in [-0.2, 0) is 11.2 Å². The zero-order valence-electron chi connectivity index (χ0n) is 16.6. The van der Waals surface area contributed by atoms with Crippen LogP contribution in [0.1, 0.15) is 29.5 Å². The molecule has 148 valence electrons. The maximum Gasteiger partial charge on any atom is 0.250 e. The number of amides is 1. The lowest BCUT2D eigenvalue weighted by atomic mass is 9.88. The van der Waals surface area contributed by atoms with E-state index in [9.17, 15) is 4.79 Å². The van der Waals surface area contributed by atoms with Crippen molar-refractivity contribution in [3.8, 4) is 5.75 Å². The fourth-order valence-electron chi connectivity index (χ4n) is 3.62. The Morgan fingerprint density at radius 2 is 2.10 bits per heavy atom. The number of thioether (sulfide) groups is 1. The van der Waals surface area contributed by atoms with Crippen LogP contribution in [0.5, 0.6) is 5.75 Å². The zero-order valence-corrected chi connectivity index (χ0v) is 17.4. The predicted molar refractivity (Wildman–Crippen MR) is 118 cm³/mol. The topological polar surface area (TPSA) is 63.6 Å². The fourth-order valence-corrected chi connectivity index (χ4v) is 4.45. The van der Waals surface area contributed by atoms with Crippen LogP contribution in [-0.4, -0.2) is 29.5 Å². The van der Waals surface area contributed by atoms with Crippen LogP contribution in [0.15, 0.2) is 58.7 Å². The number of hydrogen-bond donors (Lipinski definition) is 1. The number of benzene rings is 2. The molecule has 1 aromatic heterocycles. The lowest BCUT2D eigenvalue weighted by Gasteiger charge is -2.20. The Balaban J connectivity index is 1.45. The summed E-state index contributed by atoms with van der Waals surface area (Å²) in [6.45, 7) is 2.03. The number of aryl methyl sites for hydroxylation is 2. The molecule has 0 radical (unpaired) electrons. The van der Waals surface area contributed by atoms with Crippen molar-refractivity contribution in [3.63, 3.8) is 0 Å². The summed E-state index contributed by atoms with van der Waals surface area (Å²) in [5.74, 6) is 1.07. The third-order valence-electron chi connectivity index (χ3n) is 5.06. The van der Waals surface area contributed by atoms with Crippen molar-refractivity contribution in [2.45, 2.75) is 31.1 Å². The number of rotatable bonds is 5. The quantitative estimate of drug-likeness (QED) is 0.501. The summed E-state index contributed by atoms with van der Waals surface area (Å²) >= 11 is 1.48. The van der Waals surface area contributed by atoms with Gasteiger partial charge in [0.2, 0.25) is 5.91 Å². The summed E-state index contributed by atoms with van der Waals surface area (Å²) in [5.41, 5.74) is 8.00. The first-order valence-corrected chi connectivity index (χ1v) is 10.6. The van der Waals surface area contributed by atoms with E-state index in [1.807, 2.05) is 37.3 Å². The number of methoxy groups -OCH3 is 1. The number of pyridine rings is 1. The van der Waals surface area contributed by atoms with Gasteiger partial charge >= 0.3 is 0 Å². The number of hydrazone groups is 1. The number of carbonyl (C=O) groups excluding carboxylic acids is 1. The molecule has 29 heavy (non-hydrogen) atoms. The Kier molecular flexibility index (Phi) is 5.81. The van der Waals surface area contributed by atoms with Crippen molar-refractivity contribution < 1.29 is 9.53 Å². The molecule has 1 aliphatic rings. The number of ether oxygens (including phenoxy) is 1. The second-order valence-electron chi connectivity index (χ2n) is 7.05. The molecule has 1 heterocycles. The summed E-state index contributed by atoms with van der Waals surface area (Å²) in [5, 5.41) is 5.52. The molecule has 3 aromatic rings. The highest BCUT2D eigenvalue weighted by atomic mass is 32.2. The van der Waals surface area contributed by atoms with Crippen molar-refractivity contribution in [1.29, 1.82) is 0 Å². The van der Waals surface area contributed by atoms with Crippen molar-refractivity contribution in [3.05, 3.63) is 65.4 Å². The number of carbonyl (C=O) groups is 1. The van der Waals surface area contributed by atoms with E-state index in [-0.39, 0.29) is 5.91 Å². The van der Waals surface area contributed by atoms with E-state index in [2.05, 4.69) is 27.6 Å². The second kappa shape index (κ2) is 8.66. The van der Waals surface area contributed by atoms with E-state index >= 15 is 0 Å². The minimum absolute atomic E-state index is 0.118. The number of fused-ring (bicyclic) bond motifs is 2. The molecular formula is C23H23N3O2S. The molecule has 0 aliphatic heterocycles. The molecule has 6 heteroatoms. The van der Waals surface area contributed by atoms with Gasteiger partial charge in [0.25, 0.3) is 0 Å². The molecule has 0 fully saturated rings. The Morgan fingerprint density at radius 3 is 2.97 bits per heavy atom. The van der Waals surface area contributed by atoms with Crippen LogP contribution in [0, 0.1) is 6.92 Å². The normalized spacial score (nSPS) is 14.6. The van der Waals surface area contributed by atoms with Crippen LogP contribution in [0.4, 0.5) is 0 Å². The summed E-state index contributed by atoms with van der Waals surface area (Å²) < 4.78 is 5.43. The van der Waals surface area contributed by atoms with Crippen LogP contribution >= 0.6 is 11.8 Å². The maximum absolute atomic E-state index is 12.4. The molecule has 0 spiro atoms. The van der Waals surface area contributed by atoms with Crippen LogP contribution < -0.4 is 10.2 Å². The molecule has 5 nitrogen and oxygen atoms in total. The summed E-state index contributed by atoms with van der Waals surface area (Å²) in [7, 11) is 1.69. The van der Waals surface area contributed by atoms with Gasteiger partial charge in [0.15, 0.2) is 0 Å². The Morgan fingerprint density at radius 1 is 1.24 bits per heavy atom. The van der Waals surface area contributed by atoms with E-state index in [0.717, 1.165) is 57.6 Å². The second-order valence-corrected chi connectivity index (χ2v) is 8.06. The highest BCUT2D eigenvalue weighted by Crippen LogP contribution is 2.29. The molecule has 0 bridgehead atoms. The number of para-hydroxylation sites is 1. The summed E-state index contributed by atoms with van der Waals surface area (Å²) in [6, 6.07) is 14.1. The van der Waals surface area contributed by atoms with Gasteiger partial charge in [0, 0.05) is 22.0 Å². The minimum Gasteiger partial charge on any atom is -0.496 e. The fraction of sp³-hybridized carbons (Fsp3) is 0.261. The molecule has 2 aromatic carbocycles. The van der Waals surface area contributed by atoms with Crippen molar-refractivity contribution in [1.82, 2.24) is 10.4 Å². The molecule has 0 atom stereocenters. The first kappa shape index (κ1) is 19.5. The Hall–Kier alpha value is -2.86. The van der Waals surface area contributed by atoms with Crippen LogP contribution in [0.3, 0.4) is 0 Å². The van der Waals surface area contributed by atoms with Gasteiger partial charge in [0.1, 0.15) is 5.75 Å². The average molecular weight is 406 g/mol. The van der Waals surface area contributed by atoms with Gasteiger partial charge in [-0.1, -0.05) is 18.2 Å². The Labute approximate surface area is 174 Å². The van der Waals surface area contributed by atoms with E-state index < -0.39 is 0 Å². The van der Waals surface area contributed by atoms with Gasteiger partial charge in [-0.2, -0.15) is 5.10 Å². The number of nitrogens with zero attached hydrogens (tertiary/aromatic N) is 2. The summed E-state index contributed by atoms with van der Waals surface area (Å²) in [6.07, 6.45) is 4.66. The van der Waals surface area contributed by atoms with Crippen LogP contribution in [0.25, 0.3) is 10.9 Å². The van der Waals surface area contributed by atoms with E-state index in [1.165, 1.54) is 17.3 Å². The summed E-state index contributed by atoms with van der Waals surface area (Å²) in [4.78, 5) is 17.8. The molecular weight excluding hydrogens is 382 g/mol. The van der Waals surface area contributed by atoms with Gasteiger partial charge in [0.05, 0.1) is 24.1 Å². The predicted octanol–water partition coefficient (Wildman–Crippen LogP) is 4.50. The SMILES string of the molecule is COc1cc2c(cc1C)/C(=N/NC(=O)CSc1cccc3cccnc13)CCC2. The number of hydrogen-bond acceptors (Lipinski definition) is 5. The molecule has 1 amide bonds. The Bertz CT molecular complexity index is 1090. The standard InChI is InChI=1S/C23H23N3O2S/c1-15-12-18-17(13-20(15)28-2)7-3-9-19(18)25-26-22(27)14-29-21-10-4-6-16-8-5-11-24-23(16)21/h4-6,8,10-13H,3,7,9,14H2,1-2H3,(H,26,27)/b25-19+. The number of aromatic nitrogens is 1. The minimum atomic E-state index is -0.118. The first-order valence-electron chi connectivity index (χ1n) is 9.65. The van der Waals surface area contributed by atoms with E-state index in [1.54, 1.807) is 13.3 Å². The molecule has 4 rings (SSSR count). The lowest BCUT2D eigenvalue weighted by molar-refractivity contribution is -0.118. The van der Waals surface area contributed by atoms with Crippen molar-refractivity contribution in [2.24, 2.45) is 5.10 Å². The smallest absolute Gasteiger partial charge is 0.250 e. The average Bonchev–Trinajstić information content (AvgIpc) is 2.75. The zero-order chi connectivity index (χ0) is 20.2. The van der Waals surface area contributed by atoms with Crippen molar-refractivity contribution in [2.75, 3.05) is 12.9 Å². The third kappa shape index (κ3) is 4.27. The molecule has 1 N–H and O–H groups in total. The largest absolute Gasteiger partial charge is 0.496 e. The van der Waals surface area contributed by atoms with Gasteiger partial charge in [-0.3, -0.25) is 9.78 Å². The number of nitrogens with one attached hydrogen (secondary N) is 1. The first-order chi connectivity index (χ1) is 14.2. The molecule has 1 aliphatic carbocycles. The molecule has 0 saturated heterocycles. The molecule has 0 unspecified atom stereocenters. The highest BCUT2D eigenvalue weighted by molar-refractivity contribution is 8.00. The highest BCUT2D eigenvalue weighted by Gasteiger charge is 2.18. The van der Waals surface area contributed by atoms with Crippen LogP contribution in [0.2, 0.25) is 0 Å². The molecule has 0 saturated carbocycles. The van der Waals surface area contributed by atoms with Crippen molar-refractivity contribution >= 4 is 34.3 Å². The monoisotopic (exact) mass is 405 g/mol. The van der Waals surface area contributed by atoms with Gasteiger partial charge in [-0.15, -0.1) is 11.8 Å². The van der Waals surface area contributed by atoms with E-state index in [4.69, 9.17) is 4.74 Å². The third-order valence-corrected chi connectivity index (χ3v) is 6.11.